The van der Waals surface area contributed by atoms with Crippen LogP contribution >= 0.6 is 0 Å². The Morgan fingerprint density at radius 3 is 2.37 bits per heavy atom. The van der Waals surface area contributed by atoms with Crippen molar-refractivity contribution in [1.29, 1.82) is 0 Å². The van der Waals surface area contributed by atoms with E-state index < -0.39 is 10.1 Å². The van der Waals surface area contributed by atoms with Crippen molar-refractivity contribution in [3.05, 3.63) is 48.0 Å². The second-order valence-electron chi connectivity index (χ2n) is 6.35. The normalized spacial score (nSPS) is 11.0. The molecule has 0 bridgehead atoms. The van der Waals surface area contributed by atoms with Crippen LogP contribution in [0.3, 0.4) is 0 Å². The van der Waals surface area contributed by atoms with E-state index in [0.717, 1.165) is 24.8 Å². The van der Waals surface area contributed by atoms with Crippen molar-refractivity contribution >= 4 is 10.1 Å². The van der Waals surface area contributed by atoms with Crippen molar-refractivity contribution in [2.75, 3.05) is 0 Å². The maximum atomic E-state index is 11.7. The van der Waals surface area contributed by atoms with E-state index in [9.17, 15) is 18.1 Å². The van der Waals surface area contributed by atoms with Crippen molar-refractivity contribution in [2.24, 2.45) is 0 Å². The fraction of sp³-hybridized carbons (Fsp3) is 0.400. The number of hydrogen-bond acceptors (Lipinski definition) is 4. The molecule has 27 heavy (non-hydrogen) atoms. The van der Waals surface area contributed by atoms with Gasteiger partial charge >= 0.3 is 51.4 Å². The summed E-state index contributed by atoms with van der Waals surface area (Å²) in [6.07, 6.45) is 7.63. The maximum absolute atomic E-state index is 11.7. The van der Waals surface area contributed by atoms with Crippen molar-refractivity contribution < 1.29 is 74.2 Å². The molecule has 2 rings (SSSR count). The number of aryl methyl sites for hydroxylation is 1. The smallest absolute Gasteiger partial charge is 0.872 e. The zero-order valence-electron chi connectivity index (χ0n) is 16.0. The minimum Gasteiger partial charge on any atom is -0.872 e. The molecule has 1 N–H and O–H groups in total. The van der Waals surface area contributed by atoms with Crippen molar-refractivity contribution in [1.82, 2.24) is 0 Å². The van der Waals surface area contributed by atoms with Gasteiger partial charge < -0.3 is 9.84 Å². The second kappa shape index (κ2) is 12.2. The third kappa shape index (κ3) is 8.64. The summed E-state index contributed by atoms with van der Waals surface area (Å²) in [4.78, 5) is -0.280. The summed E-state index contributed by atoms with van der Waals surface area (Å²) in [5.74, 6) is -0.00790. The first-order chi connectivity index (χ1) is 12.4. The van der Waals surface area contributed by atoms with Crippen LogP contribution in [0, 0.1) is 0 Å². The summed E-state index contributed by atoms with van der Waals surface area (Å²) < 4.78 is 38.5. The molecule has 142 valence electrons. The molecule has 0 saturated carbocycles. The molecule has 7 heteroatoms. The molecule has 0 aliphatic rings. The molecule has 0 aromatic heterocycles. The summed E-state index contributed by atoms with van der Waals surface area (Å²) in [7, 11) is -4.43. The molecule has 0 fully saturated rings. The number of rotatable bonds is 10. The molecule has 2 aromatic rings. The number of unbranched alkanes of at least 4 members (excludes halogenated alkanes) is 5. The molecular weight excluding hydrogens is 391 g/mol. The summed E-state index contributed by atoms with van der Waals surface area (Å²) in [6, 6.07) is 10.5. The minimum atomic E-state index is -4.43. The Morgan fingerprint density at radius 2 is 1.70 bits per heavy atom. The van der Waals surface area contributed by atoms with Gasteiger partial charge in [-0.2, -0.15) is 8.42 Å². The van der Waals surface area contributed by atoms with Gasteiger partial charge in [0, 0.05) is 0 Å². The third-order valence-corrected chi connectivity index (χ3v) is 5.01. The van der Waals surface area contributed by atoms with Crippen LogP contribution in [0.4, 0.5) is 0 Å². The quantitative estimate of drug-likeness (QED) is 0.362. The molecule has 2 aromatic carbocycles. The van der Waals surface area contributed by atoms with E-state index in [0.29, 0.717) is 0 Å². The van der Waals surface area contributed by atoms with E-state index in [4.69, 9.17) is 4.74 Å². The number of ether oxygens (including phenoxy) is 1. The van der Waals surface area contributed by atoms with Crippen LogP contribution in [0.25, 0.3) is 0 Å². The summed E-state index contributed by atoms with van der Waals surface area (Å²) in [6.45, 7) is 2.17. The zero-order valence-corrected chi connectivity index (χ0v) is 19.9. The molecule has 5 nitrogen and oxygen atoms in total. The molecule has 0 spiro atoms. The van der Waals surface area contributed by atoms with E-state index in [1.165, 1.54) is 56.0 Å². The Labute approximate surface area is 204 Å². The second-order valence-corrected chi connectivity index (χ2v) is 7.74. The molecule has 0 unspecified atom stereocenters. The topological polar surface area (TPSA) is 86.7 Å². The molecule has 0 amide bonds. The van der Waals surface area contributed by atoms with Crippen molar-refractivity contribution in [2.45, 2.75) is 56.8 Å². The van der Waals surface area contributed by atoms with Gasteiger partial charge in [0.05, 0.1) is 0 Å². The third-order valence-electron chi connectivity index (χ3n) is 4.14. The summed E-state index contributed by atoms with van der Waals surface area (Å²) in [5.41, 5.74) is 0.832. The van der Waals surface area contributed by atoms with Crippen LogP contribution in [-0.4, -0.2) is 13.0 Å². The average Bonchev–Trinajstić information content (AvgIpc) is 2.58. The fourth-order valence-electron chi connectivity index (χ4n) is 2.77. The van der Waals surface area contributed by atoms with Crippen LogP contribution in [0.15, 0.2) is 47.4 Å². The first-order valence-corrected chi connectivity index (χ1v) is 10.4. The van der Waals surface area contributed by atoms with Crippen LogP contribution < -0.4 is 61.2 Å². The maximum Gasteiger partial charge on any atom is 1.00 e. The Morgan fingerprint density at radius 1 is 1.00 bits per heavy atom. The van der Waals surface area contributed by atoms with E-state index in [1.807, 2.05) is 0 Å². The fourth-order valence-corrected chi connectivity index (χ4v) is 3.43. The Balaban J connectivity index is 0.00000364. The predicted octanol–water partition coefficient (Wildman–Crippen LogP) is 1.71. The van der Waals surface area contributed by atoms with E-state index in [1.54, 1.807) is 12.1 Å². The van der Waals surface area contributed by atoms with Gasteiger partial charge in [0.2, 0.25) is 0 Å². The van der Waals surface area contributed by atoms with Crippen LogP contribution in [-0.2, 0) is 16.5 Å². The van der Waals surface area contributed by atoms with E-state index in [2.05, 4.69) is 6.92 Å². The summed E-state index contributed by atoms with van der Waals surface area (Å²) >= 11 is 0. The Kier molecular flexibility index (Phi) is 11.1. The van der Waals surface area contributed by atoms with Crippen LogP contribution in [0.5, 0.6) is 17.2 Å². The molecule has 0 atom stereocenters. The monoisotopic (exact) mass is 416 g/mol. The zero-order chi connectivity index (χ0) is 19.0. The van der Waals surface area contributed by atoms with Gasteiger partial charge in [0.15, 0.2) is 0 Å². The molecular formula is C20H25KO5S. The minimum absolute atomic E-state index is 0. The molecule has 0 aliphatic carbocycles. The van der Waals surface area contributed by atoms with Gasteiger partial charge in [-0.15, -0.1) is 5.75 Å². The van der Waals surface area contributed by atoms with Gasteiger partial charge in [0.25, 0.3) is 10.1 Å². The van der Waals surface area contributed by atoms with E-state index in [-0.39, 0.29) is 73.5 Å². The van der Waals surface area contributed by atoms with Gasteiger partial charge in [-0.05, 0) is 42.7 Å². The van der Waals surface area contributed by atoms with Crippen LogP contribution in [0.1, 0.15) is 51.0 Å². The van der Waals surface area contributed by atoms with E-state index >= 15 is 0 Å². The molecule has 0 radical (unpaired) electrons. The van der Waals surface area contributed by atoms with Crippen LogP contribution in [0.2, 0.25) is 0 Å². The molecule has 0 saturated heterocycles. The van der Waals surface area contributed by atoms with Gasteiger partial charge in [0.1, 0.15) is 16.4 Å². The average molecular weight is 417 g/mol. The standard InChI is InChI=1S/C20H26O5S.K/c1-2-3-4-5-6-7-9-16-12-13-19(20(14-16)26(22,23)24)25-18-11-8-10-17(21)15-18;/h8,10-15,21H,2-7,9H2,1H3,(H,22,23,24);/q;+1/p-1. The molecule has 0 aliphatic heterocycles. The Hall–Kier alpha value is -0.414. The number of hydrogen-bond donors (Lipinski definition) is 1. The number of benzene rings is 2. The molecule has 0 heterocycles. The predicted molar refractivity (Wildman–Crippen MR) is 99.3 cm³/mol. The van der Waals surface area contributed by atoms with Crippen molar-refractivity contribution in [3.8, 4) is 17.2 Å². The van der Waals surface area contributed by atoms with Gasteiger partial charge in [-0.25, -0.2) is 0 Å². The summed E-state index contributed by atoms with van der Waals surface area (Å²) in [5, 5.41) is 11.4. The largest absolute Gasteiger partial charge is 1.00 e. The van der Waals surface area contributed by atoms with Crippen molar-refractivity contribution in [3.63, 3.8) is 0 Å². The Bertz CT molecular complexity index is 821. The van der Waals surface area contributed by atoms with Gasteiger partial charge in [-0.3, -0.25) is 4.55 Å². The SMILES string of the molecule is CCCCCCCCc1ccc(Oc2cccc([O-])c2)c(S(=O)(=O)O)c1.[K+]. The first-order valence-electron chi connectivity index (χ1n) is 8.95. The first kappa shape index (κ1) is 24.6. The van der Waals surface area contributed by atoms with Gasteiger partial charge in [-0.1, -0.05) is 57.2 Å².